The number of pyridine rings is 1. The van der Waals surface area contributed by atoms with Gasteiger partial charge in [-0.3, -0.25) is 0 Å². The van der Waals surface area contributed by atoms with Crippen LogP contribution in [0.15, 0.2) is 42.9 Å². The van der Waals surface area contributed by atoms with E-state index in [0.717, 1.165) is 20.9 Å². The fourth-order valence-electron chi connectivity index (χ4n) is 2.51. The molecule has 4 N–H and O–H groups in total. The Morgan fingerprint density at radius 3 is 2.58 bits per heavy atom. The van der Waals surface area contributed by atoms with Crippen LogP contribution in [0.3, 0.4) is 0 Å². The number of aryl methyl sites for hydroxylation is 2. The van der Waals surface area contributed by atoms with Crippen molar-refractivity contribution in [3.8, 4) is 0 Å². The number of nitrogens with two attached hydrogens (primary N) is 1. The summed E-state index contributed by atoms with van der Waals surface area (Å²) < 4.78 is 1.11. The molecule has 4 aromatic rings. The van der Waals surface area contributed by atoms with Crippen molar-refractivity contribution in [1.82, 2.24) is 19.9 Å². The first kappa shape index (κ1) is 16.2. The second-order valence-electron chi connectivity index (χ2n) is 5.89. The number of anilines is 5. The topological polar surface area (TPSA) is 102 Å². The van der Waals surface area contributed by atoms with Crippen molar-refractivity contribution in [1.29, 1.82) is 0 Å². The lowest BCUT2D eigenvalue weighted by Crippen LogP contribution is -2.06. The van der Waals surface area contributed by atoms with E-state index in [4.69, 9.17) is 5.73 Å². The van der Waals surface area contributed by atoms with Gasteiger partial charge in [-0.25, -0.2) is 19.9 Å². The lowest BCUT2D eigenvalue weighted by molar-refractivity contribution is 1.15. The number of hydrogen-bond donors (Lipinski definition) is 3. The molecule has 130 valence electrons. The van der Waals surface area contributed by atoms with Gasteiger partial charge in [0, 0.05) is 6.20 Å². The molecule has 0 aliphatic rings. The number of rotatable bonds is 4. The summed E-state index contributed by atoms with van der Waals surface area (Å²) in [7, 11) is 0. The number of nitrogens with zero attached hydrogens (tertiary/aromatic N) is 4. The molecule has 7 nitrogen and oxygen atoms in total. The maximum atomic E-state index is 6.25. The van der Waals surface area contributed by atoms with Crippen LogP contribution in [0.2, 0.25) is 0 Å². The van der Waals surface area contributed by atoms with E-state index in [1.807, 2.05) is 31.2 Å². The molecule has 0 aliphatic carbocycles. The molecule has 0 saturated carbocycles. The van der Waals surface area contributed by atoms with Crippen LogP contribution in [0.5, 0.6) is 0 Å². The van der Waals surface area contributed by atoms with E-state index in [1.54, 1.807) is 17.5 Å². The summed E-state index contributed by atoms with van der Waals surface area (Å²) in [5, 5.41) is 7.08. The smallest absolute Gasteiger partial charge is 0.189 e. The van der Waals surface area contributed by atoms with Crippen molar-refractivity contribution in [3.63, 3.8) is 0 Å². The summed E-state index contributed by atoms with van der Waals surface area (Å²) >= 11 is 1.56. The first-order valence-corrected chi connectivity index (χ1v) is 8.85. The lowest BCUT2D eigenvalue weighted by Gasteiger charge is -2.12. The molecule has 0 atom stereocenters. The van der Waals surface area contributed by atoms with Gasteiger partial charge in [-0.1, -0.05) is 23.5 Å². The van der Waals surface area contributed by atoms with Crippen molar-refractivity contribution >= 4 is 49.8 Å². The first-order chi connectivity index (χ1) is 12.6. The van der Waals surface area contributed by atoms with Crippen LogP contribution in [0.25, 0.3) is 10.2 Å². The summed E-state index contributed by atoms with van der Waals surface area (Å²) in [4.78, 5) is 17.4. The Bertz CT molecular complexity index is 1090. The summed E-state index contributed by atoms with van der Waals surface area (Å²) in [5.41, 5.74) is 9.80. The van der Waals surface area contributed by atoms with Gasteiger partial charge in [0.25, 0.3) is 0 Å². The van der Waals surface area contributed by atoms with E-state index < -0.39 is 0 Å². The summed E-state index contributed by atoms with van der Waals surface area (Å²) in [6.07, 6.45) is 3.17. The van der Waals surface area contributed by atoms with Crippen LogP contribution in [-0.4, -0.2) is 19.9 Å². The van der Waals surface area contributed by atoms with Crippen LogP contribution in [0.1, 0.15) is 11.1 Å². The molecule has 1 aromatic carbocycles. The molecule has 0 aliphatic heterocycles. The number of fused-ring (bicyclic) bond motifs is 1. The largest absolute Gasteiger partial charge is 0.393 e. The minimum atomic E-state index is 0.410. The fourth-order valence-corrected chi connectivity index (χ4v) is 3.47. The van der Waals surface area contributed by atoms with Gasteiger partial charge in [-0.15, -0.1) is 0 Å². The molecular weight excluding hydrogens is 346 g/mol. The number of thiazole rings is 1. The third-order valence-corrected chi connectivity index (χ3v) is 4.83. The molecule has 0 amide bonds. The van der Waals surface area contributed by atoms with Gasteiger partial charge in [-0.05, 0) is 43.2 Å². The maximum absolute atomic E-state index is 6.25. The highest BCUT2D eigenvalue weighted by Crippen LogP contribution is 2.32. The number of nitrogen functional groups attached to an aromatic ring is 1. The van der Waals surface area contributed by atoms with E-state index in [-0.39, 0.29) is 0 Å². The Labute approximate surface area is 154 Å². The SMILES string of the molecule is Cc1ccc2nc(Nc3ncnc(Nc4ncccc4C)c3N)sc2c1. The van der Waals surface area contributed by atoms with E-state index in [9.17, 15) is 0 Å². The standard InChI is InChI=1S/C18H17N7S/c1-10-5-6-12-13(8-10)26-18(23-12)25-17-14(19)16(21-9-22-17)24-15-11(2)4-3-7-20-15/h3-9H,19H2,1-2H3,(H2,20,21,22,23,24,25). The van der Waals surface area contributed by atoms with E-state index in [0.29, 0.717) is 23.1 Å². The molecule has 0 spiro atoms. The minimum Gasteiger partial charge on any atom is -0.393 e. The monoisotopic (exact) mass is 363 g/mol. The number of hydrogen-bond acceptors (Lipinski definition) is 8. The summed E-state index contributed by atoms with van der Waals surface area (Å²) in [6, 6.07) is 10.0. The fraction of sp³-hybridized carbons (Fsp3) is 0.111. The molecule has 3 heterocycles. The average Bonchev–Trinajstić information content (AvgIpc) is 3.01. The van der Waals surface area contributed by atoms with Crippen LogP contribution < -0.4 is 16.4 Å². The number of benzene rings is 1. The van der Waals surface area contributed by atoms with Crippen LogP contribution in [0.4, 0.5) is 28.3 Å². The number of aromatic nitrogens is 4. The van der Waals surface area contributed by atoms with Crippen molar-refractivity contribution < 1.29 is 0 Å². The highest BCUT2D eigenvalue weighted by Gasteiger charge is 2.12. The van der Waals surface area contributed by atoms with Crippen molar-refractivity contribution in [2.45, 2.75) is 13.8 Å². The van der Waals surface area contributed by atoms with Gasteiger partial charge in [0.15, 0.2) is 16.8 Å². The van der Waals surface area contributed by atoms with E-state index >= 15 is 0 Å². The Morgan fingerprint density at radius 2 is 1.77 bits per heavy atom. The highest BCUT2D eigenvalue weighted by atomic mass is 32.1. The Morgan fingerprint density at radius 1 is 0.962 bits per heavy atom. The summed E-state index contributed by atoms with van der Waals surface area (Å²) in [5.74, 6) is 1.72. The molecule has 4 rings (SSSR count). The van der Waals surface area contributed by atoms with Crippen molar-refractivity contribution in [3.05, 3.63) is 54.0 Å². The average molecular weight is 363 g/mol. The molecule has 0 saturated heterocycles. The zero-order valence-electron chi connectivity index (χ0n) is 14.3. The second kappa shape index (κ2) is 6.57. The van der Waals surface area contributed by atoms with Gasteiger partial charge in [0.05, 0.1) is 10.2 Å². The molecular formula is C18H17N7S. The van der Waals surface area contributed by atoms with Gasteiger partial charge < -0.3 is 16.4 Å². The minimum absolute atomic E-state index is 0.410. The van der Waals surface area contributed by atoms with Crippen LogP contribution >= 0.6 is 11.3 Å². The van der Waals surface area contributed by atoms with Crippen LogP contribution in [0, 0.1) is 13.8 Å². The molecule has 0 fully saturated rings. The van der Waals surface area contributed by atoms with Gasteiger partial charge in [-0.2, -0.15) is 0 Å². The van der Waals surface area contributed by atoms with Crippen LogP contribution in [-0.2, 0) is 0 Å². The lowest BCUT2D eigenvalue weighted by atomic mass is 10.2. The van der Waals surface area contributed by atoms with Gasteiger partial charge in [0.1, 0.15) is 17.8 Å². The van der Waals surface area contributed by atoms with Crippen molar-refractivity contribution in [2.75, 3.05) is 16.4 Å². The molecule has 0 radical (unpaired) electrons. The predicted molar refractivity (Wildman–Crippen MR) is 106 cm³/mol. The molecule has 3 aromatic heterocycles. The Kier molecular flexibility index (Phi) is 4.10. The maximum Gasteiger partial charge on any atom is 0.189 e. The zero-order valence-corrected chi connectivity index (χ0v) is 15.1. The van der Waals surface area contributed by atoms with E-state index in [1.165, 1.54) is 11.9 Å². The Hall–Kier alpha value is -3.26. The third kappa shape index (κ3) is 3.14. The molecule has 0 bridgehead atoms. The van der Waals surface area contributed by atoms with Crippen molar-refractivity contribution in [2.24, 2.45) is 0 Å². The van der Waals surface area contributed by atoms with Gasteiger partial charge in [0.2, 0.25) is 0 Å². The normalized spacial score (nSPS) is 10.8. The quantitative estimate of drug-likeness (QED) is 0.500. The molecule has 8 heteroatoms. The molecule has 0 unspecified atom stereocenters. The third-order valence-electron chi connectivity index (χ3n) is 3.90. The summed E-state index contributed by atoms with van der Waals surface area (Å²) in [6.45, 7) is 4.03. The molecule has 26 heavy (non-hydrogen) atoms. The number of nitrogens with one attached hydrogen (secondary N) is 2. The van der Waals surface area contributed by atoms with E-state index in [2.05, 4.69) is 43.6 Å². The Balaban J connectivity index is 1.63. The first-order valence-electron chi connectivity index (χ1n) is 8.03. The highest BCUT2D eigenvalue weighted by molar-refractivity contribution is 7.22. The van der Waals surface area contributed by atoms with Gasteiger partial charge >= 0.3 is 0 Å². The second-order valence-corrected chi connectivity index (χ2v) is 6.92. The predicted octanol–water partition coefficient (Wildman–Crippen LogP) is 4.17. The zero-order chi connectivity index (χ0) is 18.1.